The van der Waals surface area contributed by atoms with E-state index in [0.29, 0.717) is 12.2 Å². The predicted molar refractivity (Wildman–Crippen MR) is 133 cm³/mol. The van der Waals surface area contributed by atoms with Gasteiger partial charge in [-0.15, -0.1) is 0 Å². The molecule has 1 aromatic rings. The number of carbonyl (C=O) groups excluding carboxylic acids is 1. The largest absolute Gasteiger partial charge is 0.497 e. The molecule has 182 valence electrons. The molecule has 0 aliphatic rings. The van der Waals surface area contributed by atoms with E-state index < -0.39 is 4.92 Å². The number of amides is 1. The SMILES string of the molecule is CCCCCCCCCCCCCCCCCC(=O)N(C)c1cc(OC)ccc1[N+](=O)[O-]. The molecule has 1 amide bonds. The minimum Gasteiger partial charge on any atom is -0.497 e. The van der Waals surface area contributed by atoms with Crippen molar-refractivity contribution in [1.82, 2.24) is 0 Å². The Hall–Kier alpha value is -2.11. The summed E-state index contributed by atoms with van der Waals surface area (Å²) in [5.41, 5.74) is 0.193. The molecule has 0 fully saturated rings. The van der Waals surface area contributed by atoms with E-state index in [1.54, 1.807) is 13.1 Å². The zero-order valence-corrected chi connectivity index (χ0v) is 20.6. The number of anilines is 1. The van der Waals surface area contributed by atoms with E-state index in [0.717, 1.165) is 19.3 Å². The Morgan fingerprint density at radius 2 is 1.34 bits per heavy atom. The fourth-order valence-corrected chi connectivity index (χ4v) is 4.00. The third-order valence-corrected chi connectivity index (χ3v) is 6.11. The summed E-state index contributed by atoms with van der Waals surface area (Å²) < 4.78 is 5.15. The number of rotatable bonds is 19. The minimum absolute atomic E-state index is 0.0851. The smallest absolute Gasteiger partial charge is 0.293 e. The molecule has 6 nitrogen and oxygen atoms in total. The number of benzene rings is 1. The van der Waals surface area contributed by atoms with Crippen LogP contribution in [0.4, 0.5) is 11.4 Å². The first-order chi connectivity index (χ1) is 15.5. The third-order valence-electron chi connectivity index (χ3n) is 6.11. The summed E-state index contributed by atoms with van der Waals surface area (Å²) in [6.45, 7) is 2.26. The van der Waals surface area contributed by atoms with E-state index in [9.17, 15) is 14.9 Å². The van der Waals surface area contributed by atoms with Crippen molar-refractivity contribution < 1.29 is 14.5 Å². The van der Waals surface area contributed by atoms with Gasteiger partial charge in [0.25, 0.3) is 5.69 Å². The van der Waals surface area contributed by atoms with Gasteiger partial charge < -0.3 is 9.64 Å². The molecule has 0 bridgehead atoms. The lowest BCUT2D eigenvalue weighted by atomic mass is 10.0. The molecule has 0 saturated heterocycles. The van der Waals surface area contributed by atoms with E-state index in [2.05, 4.69) is 6.92 Å². The molecular weight excluding hydrogens is 404 g/mol. The highest BCUT2D eigenvalue weighted by atomic mass is 16.6. The number of methoxy groups -OCH3 is 1. The first-order valence-electron chi connectivity index (χ1n) is 12.6. The van der Waals surface area contributed by atoms with E-state index >= 15 is 0 Å². The zero-order chi connectivity index (χ0) is 23.6. The van der Waals surface area contributed by atoms with Crippen LogP contribution in [-0.4, -0.2) is 25.0 Å². The van der Waals surface area contributed by atoms with Crippen molar-refractivity contribution in [3.8, 4) is 5.75 Å². The van der Waals surface area contributed by atoms with Gasteiger partial charge in [-0.05, 0) is 12.5 Å². The third kappa shape index (κ3) is 11.5. The van der Waals surface area contributed by atoms with E-state index in [1.807, 2.05) is 0 Å². The van der Waals surface area contributed by atoms with Gasteiger partial charge in [-0.25, -0.2) is 0 Å². The van der Waals surface area contributed by atoms with Crippen LogP contribution in [0.5, 0.6) is 5.75 Å². The summed E-state index contributed by atoms with van der Waals surface area (Å²) in [5, 5.41) is 11.3. The lowest BCUT2D eigenvalue weighted by Gasteiger charge is -2.18. The molecule has 0 aromatic heterocycles. The molecule has 1 rings (SSSR count). The molecule has 0 N–H and O–H groups in total. The van der Waals surface area contributed by atoms with Crippen LogP contribution < -0.4 is 9.64 Å². The predicted octanol–water partition coefficient (Wildman–Crippen LogP) is 7.83. The number of ether oxygens (including phenoxy) is 1. The maximum absolute atomic E-state index is 12.5. The highest BCUT2D eigenvalue weighted by Crippen LogP contribution is 2.32. The maximum Gasteiger partial charge on any atom is 0.293 e. The van der Waals surface area contributed by atoms with Crippen LogP contribution >= 0.6 is 0 Å². The summed E-state index contributed by atoms with van der Waals surface area (Å²) in [4.78, 5) is 24.7. The lowest BCUT2D eigenvalue weighted by molar-refractivity contribution is -0.384. The van der Waals surface area contributed by atoms with Gasteiger partial charge in [0.2, 0.25) is 5.91 Å². The van der Waals surface area contributed by atoms with Gasteiger partial charge >= 0.3 is 0 Å². The second kappa shape index (κ2) is 17.4. The fourth-order valence-electron chi connectivity index (χ4n) is 4.00. The summed E-state index contributed by atoms with van der Waals surface area (Å²) in [6, 6.07) is 4.46. The van der Waals surface area contributed by atoms with Crippen molar-refractivity contribution in [2.24, 2.45) is 0 Å². The first kappa shape index (κ1) is 27.9. The van der Waals surface area contributed by atoms with Crippen molar-refractivity contribution in [3.05, 3.63) is 28.3 Å². The van der Waals surface area contributed by atoms with Crippen molar-refractivity contribution in [2.75, 3.05) is 19.1 Å². The van der Waals surface area contributed by atoms with E-state index in [1.165, 1.54) is 101 Å². The normalized spacial score (nSPS) is 10.8. The van der Waals surface area contributed by atoms with Crippen molar-refractivity contribution in [1.29, 1.82) is 0 Å². The zero-order valence-electron chi connectivity index (χ0n) is 20.6. The van der Waals surface area contributed by atoms with E-state index in [-0.39, 0.29) is 17.3 Å². The van der Waals surface area contributed by atoms with Crippen LogP contribution in [0, 0.1) is 10.1 Å². The second-order valence-corrected chi connectivity index (χ2v) is 8.76. The topological polar surface area (TPSA) is 72.7 Å². The number of hydrogen-bond donors (Lipinski definition) is 0. The quantitative estimate of drug-likeness (QED) is 0.123. The Kier molecular flexibility index (Phi) is 15.2. The summed E-state index contributed by atoms with van der Waals surface area (Å²) >= 11 is 0. The molecule has 0 heterocycles. The van der Waals surface area contributed by atoms with Gasteiger partial charge in [-0.3, -0.25) is 14.9 Å². The highest BCUT2D eigenvalue weighted by molar-refractivity contribution is 5.95. The number of nitrogens with zero attached hydrogens (tertiary/aromatic N) is 2. The first-order valence-corrected chi connectivity index (χ1v) is 12.6. The minimum atomic E-state index is -0.466. The molecule has 0 atom stereocenters. The van der Waals surface area contributed by atoms with Crippen LogP contribution in [0.2, 0.25) is 0 Å². The summed E-state index contributed by atoms with van der Waals surface area (Å²) in [5.74, 6) is 0.397. The maximum atomic E-state index is 12.5. The van der Waals surface area contributed by atoms with Gasteiger partial charge in [0.1, 0.15) is 11.4 Å². The molecular formula is C26H44N2O4. The van der Waals surface area contributed by atoms with Crippen molar-refractivity contribution in [3.63, 3.8) is 0 Å². The van der Waals surface area contributed by atoms with Crippen LogP contribution in [0.1, 0.15) is 110 Å². The Balaban J connectivity index is 2.11. The molecule has 0 aliphatic heterocycles. The Labute approximate surface area is 194 Å². The van der Waals surface area contributed by atoms with Crippen molar-refractivity contribution in [2.45, 2.75) is 110 Å². The molecule has 0 unspecified atom stereocenters. The van der Waals surface area contributed by atoms with Crippen LogP contribution in [0.3, 0.4) is 0 Å². The van der Waals surface area contributed by atoms with Gasteiger partial charge in [0, 0.05) is 25.6 Å². The number of nitro benzene ring substituents is 1. The van der Waals surface area contributed by atoms with Gasteiger partial charge in [0.15, 0.2) is 0 Å². The highest BCUT2D eigenvalue weighted by Gasteiger charge is 2.21. The Bertz CT molecular complexity index is 663. The number of hydrogen-bond acceptors (Lipinski definition) is 4. The second-order valence-electron chi connectivity index (χ2n) is 8.76. The molecule has 1 aromatic carbocycles. The molecule has 0 radical (unpaired) electrons. The van der Waals surface area contributed by atoms with Crippen molar-refractivity contribution >= 4 is 17.3 Å². The average Bonchev–Trinajstić information content (AvgIpc) is 2.80. The Morgan fingerprint density at radius 1 is 0.875 bits per heavy atom. The van der Waals surface area contributed by atoms with Crippen LogP contribution in [0.25, 0.3) is 0 Å². The van der Waals surface area contributed by atoms with E-state index in [4.69, 9.17) is 4.74 Å². The molecule has 6 heteroatoms. The van der Waals surface area contributed by atoms with Gasteiger partial charge in [0.05, 0.1) is 12.0 Å². The molecule has 0 saturated carbocycles. The lowest BCUT2D eigenvalue weighted by Crippen LogP contribution is -2.26. The van der Waals surface area contributed by atoms with Crippen LogP contribution in [0.15, 0.2) is 18.2 Å². The molecule has 0 aliphatic carbocycles. The van der Waals surface area contributed by atoms with Crippen LogP contribution in [-0.2, 0) is 4.79 Å². The average molecular weight is 449 g/mol. The number of unbranched alkanes of at least 4 members (excludes halogenated alkanes) is 14. The standard InChI is InChI=1S/C26H44N2O4/c1-4-5-6-7-8-9-10-11-12-13-14-15-16-17-18-19-26(29)27(2)25-22-23(32-3)20-21-24(25)28(30)31/h20-22H,4-19H2,1-3H3. The fraction of sp³-hybridized carbons (Fsp3) is 0.731. The number of nitro groups is 1. The van der Waals surface area contributed by atoms with Gasteiger partial charge in [-0.2, -0.15) is 0 Å². The molecule has 0 spiro atoms. The molecule has 32 heavy (non-hydrogen) atoms. The Morgan fingerprint density at radius 3 is 1.78 bits per heavy atom. The summed E-state index contributed by atoms with van der Waals surface area (Å²) in [7, 11) is 3.09. The number of carbonyl (C=O) groups is 1. The van der Waals surface area contributed by atoms with Gasteiger partial charge in [-0.1, -0.05) is 96.8 Å². The monoisotopic (exact) mass is 448 g/mol. The summed E-state index contributed by atoms with van der Waals surface area (Å²) in [6.07, 6.45) is 19.6.